The Hall–Kier alpha value is -1.82. The van der Waals surface area contributed by atoms with Crippen LogP contribution in [0.5, 0.6) is 0 Å². The second-order valence-corrected chi connectivity index (χ2v) is 6.65. The molecule has 0 aliphatic carbocycles. The summed E-state index contributed by atoms with van der Waals surface area (Å²) >= 11 is 5.99. The van der Waals surface area contributed by atoms with E-state index in [9.17, 15) is 8.42 Å². The van der Waals surface area contributed by atoms with E-state index in [0.717, 1.165) is 22.3 Å². The van der Waals surface area contributed by atoms with Crippen LogP contribution in [0.2, 0.25) is 5.02 Å². The number of rotatable bonds is 2. The van der Waals surface area contributed by atoms with Gasteiger partial charge in [0, 0.05) is 21.8 Å². The Morgan fingerprint density at radius 3 is 2.33 bits per heavy atom. The first kappa shape index (κ1) is 14.1. The van der Waals surface area contributed by atoms with Gasteiger partial charge in [-0.2, -0.15) is 8.42 Å². The quantitative estimate of drug-likeness (QED) is 0.729. The van der Waals surface area contributed by atoms with Crippen LogP contribution in [-0.4, -0.2) is 17.5 Å². The number of fused-ring (bicyclic) bond motifs is 1. The fourth-order valence-electron chi connectivity index (χ4n) is 2.43. The first-order chi connectivity index (χ1) is 9.86. The summed E-state index contributed by atoms with van der Waals surface area (Å²) in [6.45, 7) is 1.96. The predicted octanol–water partition coefficient (Wildman–Crippen LogP) is 3.84. The Labute approximate surface area is 127 Å². The molecule has 0 saturated heterocycles. The van der Waals surface area contributed by atoms with E-state index in [1.807, 2.05) is 35.8 Å². The summed E-state index contributed by atoms with van der Waals surface area (Å²) in [5, 5.41) is 1.68. The van der Waals surface area contributed by atoms with E-state index in [4.69, 9.17) is 16.2 Å². The number of hydrogen-bond donors (Lipinski definition) is 1. The van der Waals surface area contributed by atoms with Crippen molar-refractivity contribution < 1.29 is 13.0 Å². The lowest BCUT2D eigenvalue weighted by Gasteiger charge is -2.09. The molecule has 4 nitrogen and oxygen atoms in total. The van der Waals surface area contributed by atoms with Crippen molar-refractivity contribution in [3.63, 3.8) is 0 Å². The SMILES string of the molecule is Cc1cc2cc(Cl)ccc2n1-c1ccc(S(=O)(=O)O)cc1. The van der Waals surface area contributed by atoms with Crippen LogP contribution in [0.25, 0.3) is 16.6 Å². The van der Waals surface area contributed by atoms with Crippen LogP contribution in [0.1, 0.15) is 5.69 Å². The van der Waals surface area contributed by atoms with Crippen LogP contribution >= 0.6 is 11.6 Å². The summed E-state index contributed by atoms with van der Waals surface area (Å²) in [5.41, 5.74) is 2.81. The van der Waals surface area contributed by atoms with Gasteiger partial charge in [0.2, 0.25) is 0 Å². The van der Waals surface area contributed by atoms with E-state index in [-0.39, 0.29) is 4.90 Å². The van der Waals surface area contributed by atoms with E-state index in [2.05, 4.69) is 0 Å². The van der Waals surface area contributed by atoms with Gasteiger partial charge >= 0.3 is 0 Å². The minimum atomic E-state index is -4.17. The molecule has 0 bridgehead atoms. The smallest absolute Gasteiger partial charge is 0.294 e. The summed E-state index contributed by atoms with van der Waals surface area (Å²) in [6, 6.07) is 13.7. The molecule has 1 N–H and O–H groups in total. The summed E-state index contributed by atoms with van der Waals surface area (Å²) in [4.78, 5) is -0.122. The van der Waals surface area contributed by atoms with E-state index < -0.39 is 10.1 Å². The predicted molar refractivity (Wildman–Crippen MR) is 82.8 cm³/mol. The van der Waals surface area contributed by atoms with Crippen molar-refractivity contribution in [3.05, 3.63) is 59.2 Å². The molecule has 1 heterocycles. The van der Waals surface area contributed by atoms with Gasteiger partial charge in [0.05, 0.1) is 10.4 Å². The number of halogens is 1. The van der Waals surface area contributed by atoms with Gasteiger partial charge in [-0.1, -0.05) is 11.6 Å². The summed E-state index contributed by atoms with van der Waals surface area (Å²) in [7, 11) is -4.17. The van der Waals surface area contributed by atoms with Gasteiger partial charge in [-0.25, -0.2) is 0 Å². The molecule has 6 heteroatoms. The van der Waals surface area contributed by atoms with Crippen molar-refractivity contribution >= 4 is 32.6 Å². The van der Waals surface area contributed by atoms with Crippen LogP contribution in [0.15, 0.2) is 53.4 Å². The van der Waals surface area contributed by atoms with Gasteiger partial charge < -0.3 is 4.57 Å². The van der Waals surface area contributed by atoms with Crippen LogP contribution in [-0.2, 0) is 10.1 Å². The van der Waals surface area contributed by atoms with E-state index >= 15 is 0 Å². The van der Waals surface area contributed by atoms with Gasteiger partial charge in [0.25, 0.3) is 10.1 Å². The molecule has 108 valence electrons. The molecule has 3 aromatic rings. The van der Waals surface area contributed by atoms with E-state index in [0.29, 0.717) is 5.02 Å². The number of aryl methyl sites for hydroxylation is 1. The van der Waals surface area contributed by atoms with E-state index in [1.54, 1.807) is 12.1 Å². The Morgan fingerprint density at radius 1 is 1.05 bits per heavy atom. The van der Waals surface area contributed by atoms with Gasteiger partial charge in [-0.05, 0) is 55.5 Å². The Morgan fingerprint density at radius 2 is 1.71 bits per heavy atom. The van der Waals surface area contributed by atoms with Crippen molar-refractivity contribution in [1.82, 2.24) is 4.57 Å². The Balaban J connectivity index is 2.19. The highest BCUT2D eigenvalue weighted by atomic mass is 35.5. The topological polar surface area (TPSA) is 59.3 Å². The zero-order valence-electron chi connectivity index (χ0n) is 11.1. The molecular weight excluding hydrogens is 310 g/mol. The van der Waals surface area contributed by atoms with Crippen LogP contribution in [0.4, 0.5) is 0 Å². The molecule has 0 amide bonds. The molecule has 0 aliphatic rings. The summed E-state index contributed by atoms with van der Waals surface area (Å²) in [6.07, 6.45) is 0. The molecule has 2 aromatic carbocycles. The molecule has 21 heavy (non-hydrogen) atoms. The molecule has 0 aliphatic heterocycles. The van der Waals surface area contributed by atoms with Gasteiger partial charge in [-0.15, -0.1) is 0 Å². The zero-order valence-corrected chi connectivity index (χ0v) is 12.7. The van der Waals surface area contributed by atoms with Gasteiger partial charge in [0.15, 0.2) is 0 Å². The number of nitrogens with zero attached hydrogens (tertiary/aromatic N) is 1. The molecule has 0 unspecified atom stereocenters. The average Bonchev–Trinajstić information content (AvgIpc) is 2.73. The minimum Gasteiger partial charge on any atom is -0.314 e. The second-order valence-electron chi connectivity index (χ2n) is 4.79. The molecule has 0 saturated carbocycles. The van der Waals surface area contributed by atoms with Crippen LogP contribution in [0, 0.1) is 6.92 Å². The monoisotopic (exact) mass is 321 g/mol. The molecular formula is C15H12ClNO3S. The molecule has 1 aromatic heterocycles. The standard InChI is InChI=1S/C15H12ClNO3S/c1-10-8-11-9-12(16)2-7-15(11)17(10)13-3-5-14(6-4-13)21(18,19)20/h2-9H,1H3,(H,18,19,20). The lowest BCUT2D eigenvalue weighted by Crippen LogP contribution is -2.00. The van der Waals surface area contributed by atoms with Crippen LogP contribution < -0.4 is 0 Å². The fraction of sp³-hybridized carbons (Fsp3) is 0.0667. The van der Waals surface area contributed by atoms with Crippen molar-refractivity contribution in [2.75, 3.05) is 0 Å². The number of benzene rings is 2. The minimum absolute atomic E-state index is 0.122. The highest BCUT2D eigenvalue weighted by molar-refractivity contribution is 7.85. The van der Waals surface area contributed by atoms with Gasteiger partial charge in [-0.3, -0.25) is 4.55 Å². The van der Waals surface area contributed by atoms with Crippen molar-refractivity contribution in [3.8, 4) is 5.69 Å². The van der Waals surface area contributed by atoms with Crippen molar-refractivity contribution in [1.29, 1.82) is 0 Å². The maximum Gasteiger partial charge on any atom is 0.294 e. The summed E-state index contributed by atoms with van der Waals surface area (Å²) in [5.74, 6) is 0. The van der Waals surface area contributed by atoms with Gasteiger partial charge in [0.1, 0.15) is 0 Å². The molecule has 0 atom stereocenters. The lowest BCUT2D eigenvalue weighted by atomic mass is 10.2. The highest BCUT2D eigenvalue weighted by Crippen LogP contribution is 2.27. The Kier molecular flexibility index (Phi) is 3.28. The first-order valence-electron chi connectivity index (χ1n) is 6.22. The maximum atomic E-state index is 11.1. The second kappa shape index (κ2) is 4.87. The normalized spacial score (nSPS) is 12.0. The maximum absolute atomic E-state index is 11.1. The third-order valence-corrected chi connectivity index (χ3v) is 4.44. The zero-order chi connectivity index (χ0) is 15.2. The Bertz CT molecular complexity index is 927. The largest absolute Gasteiger partial charge is 0.314 e. The molecule has 0 radical (unpaired) electrons. The molecule has 0 fully saturated rings. The number of hydrogen-bond acceptors (Lipinski definition) is 2. The van der Waals surface area contributed by atoms with E-state index in [1.165, 1.54) is 12.1 Å². The third-order valence-electron chi connectivity index (χ3n) is 3.34. The van der Waals surface area contributed by atoms with Crippen molar-refractivity contribution in [2.24, 2.45) is 0 Å². The average molecular weight is 322 g/mol. The number of aromatic nitrogens is 1. The van der Waals surface area contributed by atoms with Crippen LogP contribution in [0.3, 0.4) is 0 Å². The first-order valence-corrected chi connectivity index (χ1v) is 8.03. The third kappa shape index (κ3) is 2.55. The highest BCUT2D eigenvalue weighted by Gasteiger charge is 2.11. The molecule has 0 spiro atoms. The van der Waals surface area contributed by atoms with Crippen molar-refractivity contribution in [2.45, 2.75) is 11.8 Å². The molecule has 3 rings (SSSR count). The summed E-state index contributed by atoms with van der Waals surface area (Å²) < 4.78 is 33.2. The fourth-order valence-corrected chi connectivity index (χ4v) is 3.09. The lowest BCUT2D eigenvalue weighted by molar-refractivity contribution is 0.483.